The molecule has 0 radical (unpaired) electrons. The highest BCUT2D eigenvalue weighted by Crippen LogP contribution is 2.06. The van der Waals surface area contributed by atoms with Crippen LogP contribution >= 0.6 is 12.4 Å². The highest BCUT2D eigenvalue weighted by molar-refractivity contribution is 5.85. The average Bonchev–Trinajstić information content (AvgIpc) is 2.26. The van der Waals surface area contributed by atoms with Crippen molar-refractivity contribution in [2.75, 3.05) is 13.6 Å². The van der Waals surface area contributed by atoms with Crippen molar-refractivity contribution in [2.24, 2.45) is 11.7 Å². The molecule has 0 heterocycles. The average molecular weight is 277 g/mol. The van der Waals surface area contributed by atoms with Crippen LogP contribution < -0.4 is 5.73 Å². The molecule has 0 bridgehead atoms. The first-order chi connectivity index (χ1) is 7.99. The molecule has 0 aromatic carbocycles. The lowest BCUT2D eigenvalue weighted by atomic mass is 10.0. The van der Waals surface area contributed by atoms with Gasteiger partial charge >= 0.3 is 0 Å². The van der Waals surface area contributed by atoms with Crippen molar-refractivity contribution in [3.05, 3.63) is 12.7 Å². The summed E-state index contributed by atoms with van der Waals surface area (Å²) in [6, 6.07) is -0.340. The van der Waals surface area contributed by atoms with Crippen LogP contribution in [0.4, 0.5) is 0 Å². The molecule has 1 amide bonds. The Labute approximate surface area is 118 Å². The monoisotopic (exact) mass is 276 g/mol. The molecule has 0 aliphatic heterocycles. The number of unbranched alkanes of at least 4 members (excludes halogenated alkanes) is 3. The third kappa shape index (κ3) is 9.49. The number of carbonyl (C=O) groups excluding carboxylic acids is 1. The van der Waals surface area contributed by atoms with Crippen LogP contribution in [-0.2, 0) is 4.79 Å². The standard InChI is InChI=1S/C14H28N2O.ClH/c1-5-6-7-8-9-10-16(4)14(17)13(15)11-12(2)3;/h5,12-13H,1,6-11,15H2,2-4H3;1H/t13-;/m0./s1. The number of hydrogen-bond donors (Lipinski definition) is 1. The number of nitrogens with zero attached hydrogens (tertiary/aromatic N) is 1. The van der Waals surface area contributed by atoms with Gasteiger partial charge in [-0.2, -0.15) is 0 Å². The minimum Gasteiger partial charge on any atom is -0.344 e. The zero-order chi connectivity index (χ0) is 13.3. The van der Waals surface area contributed by atoms with E-state index in [-0.39, 0.29) is 24.4 Å². The van der Waals surface area contributed by atoms with Gasteiger partial charge < -0.3 is 10.6 Å². The second kappa shape index (κ2) is 11.5. The molecule has 18 heavy (non-hydrogen) atoms. The topological polar surface area (TPSA) is 46.3 Å². The predicted octanol–water partition coefficient (Wildman–Crippen LogP) is 2.99. The smallest absolute Gasteiger partial charge is 0.239 e. The van der Waals surface area contributed by atoms with Crippen LogP contribution in [0.2, 0.25) is 0 Å². The third-order valence-electron chi connectivity index (χ3n) is 2.82. The Hall–Kier alpha value is -0.540. The SMILES string of the molecule is C=CCCCCCN(C)C(=O)[C@@H](N)CC(C)C.Cl. The summed E-state index contributed by atoms with van der Waals surface area (Å²) in [6.45, 7) is 8.67. The van der Waals surface area contributed by atoms with E-state index in [1.807, 2.05) is 13.1 Å². The minimum absolute atomic E-state index is 0. The molecule has 0 aromatic heterocycles. The van der Waals surface area contributed by atoms with Crippen molar-refractivity contribution in [3.63, 3.8) is 0 Å². The van der Waals surface area contributed by atoms with E-state index in [1.165, 1.54) is 0 Å². The molecule has 0 aromatic rings. The van der Waals surface area contributed by atoms with Gasteiger partial charge in [-0.05, 0) is 31.6 Å². The second-order valence-corrected chi connectivity index (χ2v) is 5.13. The van der Waals surface area contributed by atoms with Gasteiger partial charge in [-0.25, -0.2) is 0 Å². The predicted molar refractivity (Wildman–Crippen MR) is 81.0 cm³/mol. The van der Waals surface area contributed by atoms with Crippen molar-refractivity contribution in [3.8, 4) is 0 Å². The molecule has 0 rings (SSSR count). The van der Waals surface area contributed by atoms with Crippen molar-refractivity contribution >= 4 is 18.3 Å². The van der Waals surface area contributed by atoms with Crippen molar-refractivity contribution in [1.29, 1.82) is 0 Å². The maximum absolute atomic E-state index is 11.9. The summed E-state index contributed by atoms with van der Waals surface area (Å²) in [6.07, 6.45) is 7.11. The Balaban J connectivity index is 0. The summed E-state index contributed by atoms with van der Waals surface area (Å²) in [5.74, 6) is 0.539. The van der Waals surface area contributed by atoms with Gasteiger partial charge in [0.1, 0.15) is 0 Å². The van der Waals surface area contributed by atoms with Gasteiger partial charge in [-0.1, -0.05) is 26.3 Å². The van der Waals surface area contributed by atoms with Gasteiger partial charge in [0.15, 0.2) is 0 Å². The molecule has 2 N–H and O–H groups in total. The maximum atomic E-state index is 11.9. The van der Waals surface area contributed by atoms with E-state index in [9.17, 15) is 4.79 Å². The molecule has 3 nitrogen and oxygen atoms in total. The number of rotatable bonds is 9. The van der Waals surface area contributed by atoms with Crippen molar-refractivity contribution in [1.82, 2.24) is 4.90 Å². The Morgan fingerprint density at radius 2 is 1.94 bits per heavy atom. The van der Waals surface area contributed by atoms with Gasteiger partial charge in [0.2, 0.25) is 5.91 Å². The number of carbonyl (C=O) groups is 1. The molecule has 0 saturated heterocycles. The summed E-state index contributed by atoms with van der Waals surface area (Å²) >= 11 is 0. The quantitative estimate of drug-likeness (QED) is 0.520. The molecule has 0 saturated carbocycles. The van der Waals surface area contributed by atoms with Gasteiger partial charge in [-0.15, -0.1) is 19.0 Å². The lowest BCUT2D eigenvalue weighted by Gasteiger charge is -2.22. The molecular formula is C14H29ClN2O. The molecule has 0 aliphatic rings. The second-order valence-electron chi connectivity index (χ2n) is 5.13. The number of allylic oxidation sites excluding steroid dienone is 1. The summed E-state index contributed by atoms with van der Waals surface area (Å²) in [5.41, 5.74) is 5.87. The first kappa shape index (κ1) is 19.8. The molecule has 0 spiro atoms. The van der Waals surface area contributed by atoms with E-state index in [0.717, 1.165) is 38.6 Å². The first-order valence-electron chi connectivity index (χ1n) is 6.60. The fourth-order valence-corrected chi connectivity index (χ4v) is 1.82. The van der Waals surface area contributed by atoms with Gasteiger partial charge in [-0.3, -0.25) is 4.79 Å². The van der Waals surface area contributed by atoms with Crippen LogP contribution in [0.15, 0.2) is 12.7 Å². The zero-order valence-electron chi connectivity index (χ0n) is 12.0. The lowest BCUT2D eigenvalue weighted by Crippen LogP contribution is -2.42. The first-order valence-corrected chi connectivity index (χ1v) is 6.60. The molecule has 1 atom stereocenters. The van der Waals surface area contributed by atoms with Crippen LogP contribution in [0.3, 0.4) is 0 Å². The molecule has 4 heteroatoms. The van der Waals surface area contributed by atoms with E-state index in [1.54, 1.807) is 4.90 Å². The highest BCUT2D eigenvalue weighted by atomic mass is 35.5. The summed E-state index contributed by atoms with van der Waals surface area (Å²) in [5, 5.41) is 0. The number of amides is 1. The van der Waals surface area contributed by atoms with Crippen LogP contribution in [0.25, 0.3) is 0 Å². The fraction of sp³-hybridized carbons (Fsp3) is 0.786. The van der Waals surface area contributed by atoms with Crippen LogP contribution in [0.1, 0.15) is 46.0 Å². The van der Waals surface area contributed by atoms with Gasteiger partial charge in [0.05, 0.1) is 6.04 Å². The molecular weight excluding hydrogens is 248 g/mol. The Morgan fingerprint density at radius 1 is 1.33 bits per heavy atom. The van der Waals surface area contributed by atoms with Crippen LogP contribution in [0.5, 0.6) is 0 Å². The van der Waals surface area contributed by atoms with E-state index in [2.05, 4.69) is 20.4 Å². The minimum atomic E-state index is -0.340. The van der Waals surface area contributed by atoms with Crippen molar-refractivity contribution in [2.45, 2.75) is 52.0 Å². The normalized spacial score (nSPS) is 11.8. The molecule has 0 aliphatic carbocycles. The van der Waals surface area contributed by atoms with E-state index >= 15 is 0 Å². The number of nitrogens with two attached hydrogens (primary N) is 1. The Bertz CT molecular complexity index is 232. The summed E-state index contributed by atoms with van der Waals surface area (Å²) < 4.78 is 0. The summed E-state index contributed by atoms with van der Waals surface area (Å²) in [7, 11) is 1.84. The van der Waals surface area contributed by atoms with Crippen LogP contribution in [0, 0.1) is 5.92 Å². The molecule has 0 fully saturated rings. The van der Waals surface area contributed by atoms with Gasteiger partial charge in [0.25, 0.3) is 0 Å². The third-order valence-corrected chi connectivity index (χ3v) is 2.82. The Morgan fingerprint density at radius 3 is 2.44 bits per heavy atom. The molecule has 0 unspecified atom stereocenters. The maximum Gasteiger partial charge on any atom is 0.239 e. The van der Waals surface area contributed by atoms with Gasteiger partial charge in [0, 0.05) is 13.6 Å². The van der Waals surface area contributed by atoms with E-state index in [0.29, 0.717) is 5.92 Å². The van der Waals surface area contributed by atoms with Crippen molar-refractivity contribution < 1.29 is 4.79 Å². The zero-order valence-corrected chi connectivity index (χ0v) is 12.8. The highest BCUT2D eigenvalue weighted by Gasteiger charge is 2.18. The lowest BCUT2D eigenvalue weighted by molar-refractivity contribution is -0.131. The number of hydrogen-bond acceptors (Lipinski definition) is 2. The van der Waals surface area contributed by atoms with Crippen LogP contribution in [-0.4, -0.2) is 30.4 Å². The Kier molecular flexibility index (Phi) is 12.7. The number of likely N-dealkylation sites (N-methyl/N-ethyl adjacent to an activating group) is 1. The van der Waals surface area contributed by atoms with E-state index in [4.69, 9.17) is 5.73 Å². The molecule has 108 valence electrons. The number of halogens is 1. The summed E-state index contributed by atoms with van der Waals surface area (Å²) in [4.78, 5) is 13.6. The fourth-order valence-electron chi connectivity index (χ4n) is 1.82. The largest absolute Gasteiger partial charge is 0.344 e. The van der Waals surface area contributed by atoms with E-state index < -0.39 is 0 Å².